The van der Waals surface area contributed by atoms with E-state index in [-0.39, 0.29) is 6.10 Å². The number of aliphatic hydroxyl groups is 1. The minimum Gasteiger partial charge on any atom is -0.391 e. The number of halogens is 1. The van der Waals surface area contributed by atoms with Crippen LogP contribution in [0.3, 0.4) is 0 Å². The van der Waals surface area contributed by atoms with Gasteiger partial charge >= 0.3 is 0 Å². The quantitative estimate of drug-likeness (QED) is 0.784. The lowest BCUT2D eigenvalue weighted by molar-refractivity contribution is 0.00871. The van der Waals surface area contributed by atoms with Gasteiger partial charge in [0.05, 0.1) is 6.10 Å². The van der Waals surface area contributed by atoms with Crippen LogP contribution in [0.5, 0.6) is 0 Å². The van der Waals surface area contributed by atoms with Crippen molar-refractivity contribution >= 4 is 22.6 Å². The summed E-state index contributed by atoms with van der Waals surface area (Å²) in [6, 6.07) is 9.44. The van der Waals surface area contributed by atoms with E-state index in [4.69, 9.17) is 0 Å². The van der Waals surface area contributed by atoms with E-state index in [1.54, 1.807) is 0 Å². The third-order valence-electron chi connectivity index (χ3n) is 5.03. The lowest BCUT2D eigenvalue weighted by Crippen LogP contribution is -2.48. The molecule has 0 spiro atoms. The highest BCUT2D eigenvalue weighted by Crippen LogP contribution is 2.32. The van der Waals surface area contributed by atoms with Crippen LogP contribution in [-0.4, -0.2) is 35.2 Å². The van der Waals surface area contributed by atoms with E-state index in [1.807, 2.05) is 0 Å². The molecule has 1 N–H and O–H groups in total. The summed E-state index contributed by atoms with van der Waals surface area (Å²) in [6.45, 7) is 2.30. The first-order valence-corrected chi connectivity index (χ1v) is 8.99. The molecule has 1 heterocycles. The van der Waals surface area contributed by atoms with Crippen molar-refractivity contribution in [2.75, 3.05) is 13.1 Å². The highest BCUT2D eigenvalue weighted by Gasteiger charge is 2.31. The van der Waals surface area contributed by atoms with Crippen molar-refractivity contribution in [1.82, 2.24) is 4.90 Å². The predicted octanol–water partition coefficient (Wildman–Crippen LogP) is 3.77. The Hall–Kier alpha value is -0.130. The Morgan fingerprint density at radius 3 is 2.25 bits per heavy atom. The topological polar surface area (TPSA) is 23.5 Å². The zero-order valence-corrected chi connectivity index (χ0v) is 14.1. The van der Waals surface area contributed by atoms with Crippen LogP contribution < -0.4 is 0 Å². The number of piperidine rings is 1. The fourth-order valence-corrected chi connectivity index (χ4v) is 4.18. The number of hydrogen-bond donors (Lipinski definition) is 1. The molecule has 3 rings (SSSR count). The molecule has 3 heteroatoms. The first kappa shape index (κ1) is 14.8. The molecule has 2 fully saturated rings. The molecule has 0 radical (unpaired) electrons. The summed E-state index contributed by atoms with van der Waals surface area (Å²) in [4.78, 5) is 2.55. The Kier molecular flexibility index (Phi) is 5.00. The van der Waals surface area contributed by atoms with Crippen molar-refractivity contribution in [2.45, 2.75) is 56.6 Å². The van der Waals surface area contributed by atoms with Crippen molar-refractivity contribution in [2.24, 2.45) is 0 Å². The number of hydrogen-bond acceptors (Lipinski definition) is 2. The molecule has 0 amide bonds. The molecule has 1 saturated carbocycles. The van der Waals surface area contributed by atoms with Gasteiger partial charge in [0.1, 0.15) is 0 Å². The van der Waals surface area contributed by atoms with E-state index < -0.39 is 0 Å². The van der Waals surface area contributed by atoms with Gasteiger partial charge in [-0.05, 0) is 85.0 Å². The van der Waals surface area contributed by atoms with Gasteiger partial charge < -0.3 is 5.11 Å². The van der Waals surface area contributed by atoms with E-state index >= 15 is 0 Å². The second-order valence-corrected chi connectivity index (χ2v) is 7.53. The maximum absolute atomic E-state index is 10.2. The third kappa shape index (κ3) is 3.37. The standard InChI is InChI=1S/C17H24INO/c18-15-7-5-13(6-8-15)14-9-11-19(12-10-14)16-3-1-2-4-17(16)20/h5-8,14,16-17,20H,1-4,9-12H2. The van der Waals surface area contributed by atoms with Gasteiger partial charge in [-0.2, -0.15) is 0 Å². The summed E-state index contributed by atoms with van der Waals surface area (Å²) in [5.74, 6) is 0.712. The molecule has 1 aromatic rings. The molecule has 0 bridgehead atoms. The molecule has 20 heavy (non-hydrogen) atoms. The second kappa shape index (κ2) is 6.75. The molecule has 1 aliphatic carbocycles. The van der Waals surface area contributed by atoms with E-state index in [2.05, 4.69) is 51.8 Å². The van der Waals surface area contributed by atoms with Gasteiger partial charge in [-0.15, -0.1) is 0 Å². The van der Waals surface area contributed by atoms with Crippen LogP contribution in [0.2, 0.25) is 0 Å². The van der Waals surface area contributed by atoms with Crippen LogP contribution in [-0.2, 0) is 0 Å². The van der Waals surface area contributed by atoms with Crippen LogP contribution in [0.15, 0.2) is 24.3 Å². The number of benzene rings is 1. The number of rotatable bonds is 2. The van der Waals surface area contributed by atoms with E-state index in [0.717, 1.165) is 19.5 Å². The minimum atomic E-state index is -0.0846. The minimum absolute atomic E-state index is 0.0846. The Balaban J connectivity index is 1.57. The lowest BCUT2D eigenvalue weighted by Gasteiger charge is -2.41. The maximum Gasteiger partial charge on any atom is 0.0695 e. The van der Waals surface area contributed by atoms with E-state index in [9.17, 15) is 5.11 Å². The highest BCUT2D eigenvalue weighted by molar-refractivity contribution is 14.1. The summed E-state index contributed by atoms with van der Waals surface area (Å²) in [5.41, 5.74) is 1.49. The molecule has 1 saturated heterocycles. The van der Waals surface area contributed by atoms with Crippen LogP contribution in [0.25, 0.3) is 0 Å². The largest absolute Gasteiger partial charge is 0.391 e. The van der Waals surface area contributed by atoms with Crippen molar-refractivity contribution in [3.8, 4) is 0 Å². The van der Waals surface area contributed by atoms with Crippen molar-refractivity contribution in [1.29, 1.82) is 0 Å². The van der Waals surface area contributed by atoms with Gasteiger partial charge in [0, 0.05) is 9.61 Å². The van der Waals surface area contributed by atoms with Crippen LogP contribution in [0.1, 0.15) is 50.0 Å². The Morgan fingerprint density at radius 1 is 0.950 bits per heavy atom. The molecule has 2 atom stereocenters. The first-order valence-electron chi connectivity index (χ1n) is 7.91. The van der Waals surface area contributed by atoms with Gasteiger partial charge in [0.15, 0.2) is 0 Å². The average Bonchev–Trinajstić information content (AvgIpc) is 2.49. The van der Waals surface area contributed by atoms with Gasteiger partial charge in [-0.25, -0.2) is 0 Å². The zero-order valence-electron chi connectivity index (χ0n) is 12.0. The van der Waals surface area contributed by atoms with Gasteiger partial charge in [0.25, 0.3) is 0 Å². The summed E-state index contributed by atoms with van der Waals surface area (Å²) in [6.07, 6.45) is 7.08. The molecule has 110 valence electrons. The average molecular weight is 385 g/mol. The van der Waals surface area contributed by atoms with Gasteiger partial charge in [-0.3, -0.25) is 4.90 Å². The molecule has 2 nitrogen and oxygen atoms in total. The van der Waals surface area contributed by atoms with E-state index in [1.165, 1.54) is 41.2 Å². The number of likely N-dealkylation sites (tertiary alicyclic amines) is 1. The Morgan fingerprint density at radius 2 is 1.60 bits per heavy atom. The monoisotopic (exact) mass is 385 g/mol. The van der Waals surface area contributed by atoms with Crippen LogP contribution in [0.4, 0.5) is 0 Å². The van der Waals surface area contributed by atoms with Crippen molar-refractivity contribution in [3.63, 3.8) is 0 Å². The van der Waals surface area contributed by atoms with Gasteiger partial charge in [-0.1, -0.05) is 25.0 Å². The summed E-state index contributed by atoms with van der Waals surface area (Å²) < 4.78 is 1.31. The van der Waals surface area contributed by atoms with Gasteiger partial charge in [0.2, 0.25) is 0 Å². The number of nitrogens with zero attached hydrogens (tertiary/aromatic N) is 1. The smallest absolute Gasteiger partial charge is 0.0695 e. The summed E-state index contributed by atoms with van der Waals surface area (Å²) in [5, 5.41) is 10.2. The first-order chi connectivity index (χ1) is 9.74. The molecule has 0 aromatic heterocycles. The molecule has 2 unspecified atom stereocenters. The van der Waals surface area contributed by atoms with Crippen molar-refractivity contribution in [3.05, 3.63) is 33.4 Å². The SMILES string of the molecule is OC1CCCCC1N1CCC(c2ccc(I)cc2)CC1. The third-order valence-corrected chi connectivity index (χ3v) is 5.75. The second-order valence-electron chi connectivity index (χ2n) is 6.28. The Bertz CT molecular complexity index is 425. The summed E-state index contributed by atoms with van der Waals surface area (Å²) >= 11 is 2.37. The fraction of sp³-hybridized carbons (Fsp3) is 0.647. The molecular weight excluding hydrogens is 361 g/mol. The highest BCUT2D eigenvalue weighted by atomic mass is 127. The molecular formula is C17H24INO. The normalized spacial score (nSPS) is 29.5. The number of aliphatic hydroxyl groups excluding tert-OH is 1. The molecule has 1 aliphatic heterocycles. The fourth-order valence-electron chi connectivity index (χ4n) is 3.82. The van der Waals surface area contributed by atoms with Crippen LogP contribution in [0, 0.1) is 3.57 Å². The van der Waals surface area contributed by atoms with Crippen LogP contribution >= 0.6 is 22.6 Å². The zero-order chi connectivity index (χ0) is 13.9. The molecule has 1 aromatic carbocycles. The van der Waals surface area contributed by atoms with E-state index in [0.29, 0.717) is 12.0 Å². The molecule has 2 aliphatic rings. The summed E-state index contributed by atoms with van der Waals surface area (Å²) in [7, 11) is 0. The maximum atomic E-state index is 10.2. The predicted molar refractivity (Wildman–Crippen MR) is 91.0 cm³/mol. The van der Waals surface area contributed by atoms with Crippen molar-refractivity contribution < 1.29 is 5.11 Å². The lowest BCUT2D eigenvalue weighted by atomic mass is 9.86. The Labute approximate surface area is 135 Å².